The molecule has 2 heterocycles. The second kappa shape index (κ2) is 10.0. The summed E-state index contributed by atoms with van der Waals surface area (Å²) in [5.41, 5.74) is 2.53. The fraction of sp³-hybridized carbons (Fsp3) is 0.480. The predicted molar refractivity (Wildman–Crippen MR) is 118 cm³/mol. The van der Waals surface area contributed by atoms with E-state index in [2.05, 4.69) is 45.0 Å². The van der Waals surface area contributed by atoms with Gasteiger partial charge in [0.15, 0.2) is 0 Å². The third-order valence-corrected chi connectivity index (χ3v) is 6.40. The normalized spacial score (nSPS) is 19.4. The van der Waals surface area contributed by atoms with Crippen LogP contribution in [0.15, 0.2) is 60.7 Å². The van der Waals surface area contributed by atoms with Crippen LogP contribution in [0.1, 0.15) is 24.0 Å². The number of likely N-dealkylation sites (tertiary alicyclic amines) is 1. The quantitative estimate of drug-likeness (QED) is 0.756. The Morgan fingerprint density at radius 3 is 1.90 bits per heavy atom. The van der Waals surface area contributed by atoms with Crippen LogP contribution in [-0.4, -0.2) is 66.4 Å². The lowest BCUT2D eigenvalue weighted by atomic mass is 9.95. The molecule has 1 amide bonds. The third kappa shape index (κ3) is 5.91. The predicted octanol–water partition coefficient (Wildman–Crippen LogP) is 3.29. The summed E-state index contributed by atoms with van der Waals surface area (Å²) < 4.78 is 0. The van der Waals surface area contributed by atoms with Crippen LogP contribution in [-0.2, 0) is 17.8 Å². The first-order valence-corrected chi connectivity index (χ1v) is 11.1. The maximum Gasteiger partial charge on any atom is 0.226 e. The molecule has 0 N–H and O–H groups in total. The van der Waals surface area contributed by atoms with E-state index >= 15 is 0 Å². The molecule has 0 bridgehead atoms. The molecule has 2 aromatic rings. The Kier molecular flexibility index (Phi) is 6.96. The van der Waals surface area contributed by atoms with Crippen LogP contribution < -0.4 is 0 Å². The highest BCUT2D eigenvalue weighted by Crippen LogP contribution is 2.20. The Labute approximate surface area is 175 Å². The second-order valence-electron chi connectivity index (χ2n) is 8.55. The van der Waals surface area contributed by atoms with Gasteiger partial charge in [0, 0.05) is 52.4 Å². The average Bonchev–Trinajstić information content (AvgIpc) is 2.77. The number of carbonyl (C=O) groups excluding carboxylic acids is 1. The van der Waals surface area contributed by atoms with Crippen LogP contribution >= 0.6 is 0 Å². The number of piperazine rings is 1. The zero-order valence-electron chi connectivity index (χ0n) is 17.4. The van der Waals surface area contributed by atoms with Crippen molar-refractivity contribution in [3.05, 3.63) is 71.8 Å². The molecule has 0 saturated carbocycles. The van der Waals surface area contributed by atoms with Gasteiger partial charge in [-0.1, -0.05) is 60.7 Å². The van der Waals surface area contributed by atoms with Crippen molar-refractivity contribution in [2.45, 2.75) is 25.8 Å². The van der Waals surface area contributed by atoms with E-state index in [9.17, 15) is 4.79 Å². The summed E-state index contributed by atoms with van der Waals surface area (Å²) in [4.78, 5) is 19.8. The monoisotopic (exact) mass is 391 g/mol. The van der Waals surface area contributed by atoms with Gasteiger partial charge in [-0.25, -0.2) is 0 Å². The Balaban J connectivity index is 1.15. The van der Waals surface area contributed by atoms with E-state index in [1.165, 1.54) is 25.2 Å². The molecule has 0 spiro atoms. The largest absolute Gasteiger partial charge is 0.342 e. The van der Waals surface area contributed by atoms with Crippen LogP contribution in [0.5, 0.6) is 0 Å². The smallest absolute Gasteiger partial charge is 0.226 e. The standard InChI is InChI=1S/C25H33N3O/c29-25(19-22-7-3-1-4-8-22)28-13-11-24(12-14-28)21-27-17-15-26(16-18-27)20-23-9-5-2-6-10-23/h1-10,24H,11-21H2. The molecule has 2 fully saturated rings. The van der Waals surface area contributed by atoms with E-state index in [0.29, 0.717) is 6.42 Å². The van der Waals surface area contributed by atoms with Crippen LogP contribution in [0.2, 0.25) is 0 Å². The van der Waals surface area contributed by atoms with Crippen molar-refractivity contribution in [1.82, 2.24) is 14.7 Å². The van der Waals surface area contributed by atoms with Crippen molar-refractivity contribution >= 4 is 5.91 Å². The first-order chi connectivity index (χ1) is 14.3. The van der Waals surface area contributed by atoms with Crippen molar-refractivity contribution in [2.24, 2.45) is 5.92 Å². The van der Waals surface area contributed by atoms with E-state index in [1.54, 1.807) is 0 Å². The highest BCUT2D eigenvalue weighted by atomic mass is 16.2. The first kappa shape index (κ1) is 20.1. The minimum atomic E-state index is 0.282. The lowest BCUT2D eigenvalue weighted by Gasteiger charge is -2.39. The number of rotatable bonds is 6. The zero-order chi connectivity index (χ0) is 19.9. The van der Waals surface area contributed by atoms with Gasteiger partial charge in [0.2, 0.25) is 5.91 Å². The molecular formula is C25H33N3O. The van der Waals surface area contributed by atoms with E-state index in [1.807, 2.05) is 30.3 Å². The van der Waals surface area contributed by atoms with Gasteiger partial charge in [0.25, 0.3) is 0 Å². The molecule has 0 radical (unpaired) electrons. The van der Waals surface area contributed by atoms with Crippen molar-refractivity contribution in [2.75, 3.05) is 45.8 Å². The summed E-state index contributed by atoms with van der Waals surface area (Å²) in [6, 6.07) is 20.9. The molecule has 2 aliphatic heterocycles. The Bertz CT molecular complexity index is 748. The number of hydrogen-bond acceptors (Lipinski definition) is 3. The molecule has 29 heavy (non-hydrogen) atoms. The van der Waals surface area contributed by atoms with Gasteiger partial charge < -0.3 is 9.80 Å². The summed E-state index contributed by atoms with van der Waals surface area (Å²) in [5.74, 6) is 1.01. The summed E-state index contributed by atoms with van der Waals surface area (Å²) in [5, 5.41) is 0. The van der Waals surface area contributed by atoms with Gasteiger partial charge in [-0.15, -0.1) is 0 Å². The second-order valence-corrected chi connectivity index (χ2v) is 8.55. The minimum absolute atomic E-state index is 0.282. The number of benzene rings is 2. The highest BCUT2D eigenvalue weighted by Gasteiger charge is 2.25. The molecule has 4 nitrogen and oxygen atoms in total. The van der Waals surface area contributed by atoms with Gasteiger partial charge in [-0.2, -0.15) is 0 Å². The lowest BCUT2D eigenvalue weighted by molar-refractivity contribution is -0.131. The number of nitrogens with zero attached hydrogens (tertiary/aromatic N) is 3. The molecule has 0 unspecified atom stereocenters. The van der Waals surface area contributed by atoms with Crippen molar-refractivity contribution in [1.29, 1.82) is 0 Å². The van der Waals surface area contributed by atoms with Gasteiger partial charge in [0.05, 0.1) is 6.42 Å². The molecular weight excluding hydrogens is 358 g/mol. The van der Waals surface area contributed by atoms with Crippen molar-refractivity contribution in [3.63, 3.8) is 0 Å². The maximum atomic E-state index is 12.6. The molecule has 2 saturated heterocycles. The number of hydrogen-bond donors (Lipinski definition) is 0. The molecule has 154 valence electrons. The van der Waals surface area contributed by atoms with E-state index in [4.69, 9.17) is 0 Å². The van der Waals surface area contributed by atoms with Crippen LogP contribution in [0.25, 0.3) is 0 Å². The summed E-state index contributed by atoms with van der Waals surface area (Å²) >= 11 is 0. The minimum Gasteiger partial charge on any atom is -0.342 e. The number of amides is 1. The average molecular weight is 392 g/mol. The molecule has 0 aromatic heterocycles. The Morgan fingerprint density at radius 1 is 0.724 bits per heavy atom. The van der Waals surface area contributed by atoms with Gasteiger partial charge in [0.1, 0.15) is 0 Å². The summed E-state index contributed by atoms with van der Waals surface area (Å²) in [6.07, 6.45) is 2.82. The molecule has 0 aliphatic carbocycles. The lowest BCUT2D eigenvalue weighted by Crippen LogP contribution is -2.48. The van der Waals surface area contributed by atoms with E-state index in [-0.39, 0.29) is 5.91 Å². The molecule has 0 atom stereocenters. The van der Waals surface area contributed by atoms with Crippen LogP contribution in [0, 0.1) is 5.92 Å². The fourth-order valence-electron chi connectivity index (χ4n) is 4.58. The van der Waals surface area contributed by atoms with Crippen LogP contribution in [0.3, 0.4) is 0 Å². The van der Waals surface area contributed by atoms with Gasteiger partial charge >= 0.3 is 0 Å². The van der Waals surface area contributed by atoms with Crippen molar-refractivity contribution in [3.8, 4) is 0 Å². The Morgan fingerprint density at radius 2 is 1.28 bits per heavy atom. The summed E-state index contributed by atoms with van der Waals surface area (Å²) in [7, 11) is 0. The molecule has 4 rings (SSSR count). The van der Waals surface area contributed by atoms with Crippen molar-refractivity contribution < 1.29 is 4.79 Å². The fourth-order valence-corrected chi connectivity index (χ4v) is 4.58. The highest BCUT2D eigenvalue weighted by molar-refractivity contribution is 5.78. The SMILES string of the molecule is O=C(Cc1ccccc1)N1CCC(CN2CCN(Cc3ccccc3)CC2)CC1. The Hall–Kier alpha value is -2.17. The third-order valence-electron chi connectivity index (χ3n) is 6.40. The topological polar surface area (TPSA) is 26.8 Å². The number of carbonyl (C=O) groups is 1. The molecule has 4 heteroatoms. The number of piperidine rings is 1. The maximum absolute atomic E-state index is 12.6. The van der Waals surface area contributed by atoms with E-state index < -0.39 is 0 Å². The van der Waals surface area contributed by atoms with Gasteiger partial charge in [-0.05, 0) is 29.9 Å². The van der Waals surface area contributed by atoms with E-state index in [0.717, 1.165) is 57.0 Å². The first-order valence-electron chi connectivity index (χ1n) is 11.1. The zero-order valence-corrected chi connectivity index (χ0v) is 17.4. The summed E-state index contributed by atoms with van der Waals surface area (Å²) in [6.45, 7) is 8.75. The van der Waals surface area contributed by atoms with Gasteiger partial charge in [-0.3, -0.25) is 9.69 Å². The van der Waals surface area contributed by atoms with Crippen LogP contribution in [0.4, 0.5) is 0 Å². The molecule has 2 aliphatic rings. The molecule has 2 aromatic carbocycles.